The molecule has 1 heterocycles. The molecule has 0 bridgehead atoms. The minimum absolute atomic E-state index is 0.100. The molecule has 0 fully saturated rings. The highest BCUT2D eigenvalue weighted by Crippen LogP contribution is 2.38. The summed E-state index contributed by atoms with van der Waals surface area (Å²) in [6.45, 7) is 1.47. The Hall–Kier alpha value is -1.47. The Kier molecular flexibility index (Phi) is 3.60. The van der Waals surface area contributed by atoms with Gasteiger partial charge in [-0.05, 0) is 25.1 Å². The summed E-state index contributed by atoms with van der Waals surface area (Å²) in [6, 6.07) is 2.44. The molecule has 102 valence electrons. The van der Waals surface area contributed by atoms with Crippen LogP contribution in [0.1, 0.15) is 24.3 Å². The van der Waals surface area contributed by atoms with Crippen LogP contribution in [0, 0.1) is 5.82 Å². The van der Waals surface area contributed by atoms with Crippen molar-refractivity contribution in [1.29, 1.82) is 0 Å². The van der Waals surface area contributed by atoms with E-state index in [4.69, 9.17) is 0 Å². The Labute approximate surface area is 110 Å². The molecule has 2 nitrogen and oxygen atoms in total. The highest BCUT2D eigenvalue weighted by Gasteiger charge is 2.34. The monoisotopic (exact) mass is 291 g/mol. The zero-order valence-electron chi connectivity index (χ0n) is 9.70. The quantitative estimate of drug-likeness (QED) is 0.848. The second-order valence-electron chi connectivity index (χ2n) is 3.94. The maximum atomic E-state index is 13.0. The van der Waals surface area contributed by atoms with Crippen molar-refractivity contribution in [3.05, 3.63) is 40.7 Å². The summed E-state index contributed by atoms with van der Waals surface area (Å²) in [5.41, 5.74) is -0.970. The molecule has 0 aliphatic heterocycles. The molecule has 1 aromatic heterocycles. The molecule has 0 spiro atoms. The van der Waals surface area contributed by atoms with Crippen LogP contribution in [0.3, 0.4) is 0 Å². The van der Waals surface area contributed by atoms with E-state index in [0.717, 1.165) is 23.5 Å². The Bertz CT molecular complexity index is 592. The highest BCUT2D eigenvalue weighted by molar-refractivity contribution is 7.13. The third-order valence-electron chi connectivity index (χ3n) is 2.47. The maximum absolute atomic E-state index is 13.0. The molecule has 0 aliphatic carbocycles. The van der Waals surface area contributed by atoms with Crippen LogP contribution in [0.4, 0.5) is 17.6 Å². The minimum Gasteiger partial charge on any atom is -0.387 e. The number of halogens is 4. The van der Waals surface area contributed by atoms with Gasteiger partial charge < -0.3 is 5.11 Å². The molecule has 0 aliphatic rings. The van der Waals surface area contributed by atoms with E-state index in [1.54, 1.807) is 0 Å². The number of aromatic nitrogens is 1. The van der Waals surface area contributed by atoms with Gasteiger partial charge >= 0.3 is 6.18 Å². The molecular formula is C12H9F4NOS. The lowest BCUT2D eigenvalue weighted by atomic mass is 10.1. The molecular weight excluding hydrogens is 282 g/mol. The molecule has 19 heavy (non-hydrogen) atoms. The summed E-state index contributed by atoms with van der Waals surface area (Å²) in [5, 5.41) is 10.9. The number of rotatable bonds is 2. The van der Waals surface area contributed by atoms with E-state index < -0.39 is 23.7 Å². The summed E-state index contributed by atoms with van der Waals surface area (Å²) in [7, 11) is 0. The smallest absolute Gasteiger partial charge is 0.387 e. The molecule has 7 heteroatoms. The number of nitrogens with zero attached hydrogens (tertiary/aromatic N) is 1. The lowest BCUT2D eigenvalue weighted by Crippen LogP contribution is -2.07. The number of alkyl halides is 3. The van der Waals surface area contributed by atoms with E-state index in [0.29, 0.717) is 6.07 Å². The predicted molar refractivity (Wildman–Crippen MR) is 63.1 cm³/mol. The Morgan fingerprint density at radius 3 is 2.53 bits per heavy atom. The topological polar surface area (TPSA) is 33.1 Å². The molecule has 1 aromatic carbocycles. The van der Waals surface area contributed by atoms with Crippen molar-refractivity contribution < 1.29 is 22.7 Å². The Balaban J connectivity index is 2.55. The van der Waals surface area contributed by atoms with Gasteiger partial charge in [0, 0.05) is 10.9 Å². The molecule has 0 amide bonds. The van der Waals surface area contributed by atoms with Crippen molar-refractivity contribution >= 4 is 11.3 Å². The average molecular weight is 291 g/mol. The normalized spacial score (nSPS) is 13.6. The van der Waals surface area contributed by atoms with Gasteiger partial charge in [0.25, 0.3) is 0 Å². The lowest BCUT2D eigenvalue weighted by Gasteiger charge is -2.11. The Morgan fingerprint density at radius 2 is 2.00 bits per heavy atom. The number of benzene rings is 1. The van der Waals surface area contributed by atoms with Crippen LogP contribution in [0.5, 0.6) is 0 Å². The third kappa shape index (κ3) is 2.93. The van der Waals surface area contributed by atoms with Gasteiger partial charge in [0.15, 0.2) is 0 Å². The van der Waals surface area contributed by atoms with E-state index in [1.165, 1.54) is 12.3 Å². The fraction of sp³-hybridized carbons (Fsp3) is 0.250. The number of aliphatic hydroxyl groups excluding tert-OH is 1. The largest absolute Gasteiger partial charge is 0.417 e. The average Bonchev–Trinajstić information content (AvgIpc) is 2.77. The van der Waals surface area contributed by atoms with Gasteiger partial charge in [-0.25, -0.2) is 9.37 Å². The first-order chi connectivity index (χ1) is 8.79. The first kappa shape index (κ1) is 14.0. The molecule has 1 unspecified atom stereocenters. The van der Waals surface area contributed by atoms with Crippen LogP contribution in [-0.4, -0.2) is 10.1 Å². The molecule has 0 radical (unpaired) electrons. The fourth-order valence-corrected chi connectivity index (χ4v) is 2.48. The second-order valence-corrected chi connectivity index (χ2v) is 4.80. The predicted octanol–water partition coefficient (Wildman–Crippen LogP) is 4.02. The number of hydrogen-bond donors (Lipinski definition) is 1. The van der Waals surface area contributed by atoms with Crippen molar-refractivity contribution in [2.75, 3.05) is 0 Å². The summed E-state index contributed by atoms with van der Waals surface area (Å²) < 4.78 is 51.5. The number of aliphatic hydroxyl groups is 1. The van der Waals surface area contributed by atoms with Crippen LogP contribution in [0.15, 0.2) is 23.6 Å². The zero-order valence-corrected chi connectivity index (χ0v) is 10.5. The van der Waals surface area contributed by atoms with E-state index in [2.05, 4.69) is 4.98 Å². The molecule has 0 saturated carbocycles. The maximum Gasteiger partial charge on any atom is 0.417 e. The van der Waals surface area contributed by atoms with Crippen molar-refractivity contribution in [1.82, 2.24) is 4.98 Å². The van der Waals surface area contributed by atoms with Gasteiger partial charge in [-0.2, -0.15) is 13.2 Å². The van der Waals surface area contributed by atoms with Gasteiger partial charge in [0.1, 0.15) is 10.8 Å². The highest BCUT2D eigenvalue weighted by atomic mass is 32.1. The van der Waals surface area contributed by atoms with Gasteiger partial charge in [-0.15, -0.1) is 11.3 Å². The van der Waals surface area contributed by atoms with E-state index in [-0.39, 0.29) is 16.3 Å². The van der Waals surface area contributed by atoms with Crippen molar-refractivity contribution in [3.63, 3.8) is 0 Å². The van der Waals surface area contributed by atoms with Gasteiger partial charge in [0.05, 0.1) is 17.4 Å². The summed E-state index contributed by atoms with van der Waals surface area (Å²) in [6.07, 6.45) is -5.52. The van der Waals surface area contributed by atoms with Crippen molar-refractivity contribution in [2.45, 2.75) is 19.2 Å². The van der Waals surface area contributed by atoms with E-state index >= 15 is 0 Å². The number of hydrogen-bond acceptors (Lipinski definition) is 3. The third-order valence-corrected chi connectivity index (χ3v) is 3.36. The van der Waals surface area contributed by atoms with E-state index in [1.807, 2.05) is 0 Å². The summed E-state index contributed by atoms with van der Waals surface area (Å²) in [4.78, 5) is 3.93. The standard InChI is InChI=1S/C12H9F4NOS/c1-6(18)10-5-19-11(17-10)8-3-2-7(13)4-9(8)12(14,15)16/h2-6,18H,1H3. The van der Waals surface area contributed by atoms with Crippen molar-refractivity contribution in [2.24, 2.45) is 0 Å². The van der Waals surface area contributed by atoms with Gasteiger partial charge in [-0.3, -0.25) is 0 Å². The van der Waals surface area contributed by atoms with Crippen LogP contribution >= 0.6 is 11.3 Å². The van der Waals surface area contributed by atoms with Crippen LogP contribution in [0.25, 0.3) is 10.6 Å². The first-order valence-electron chi connectivity index (χ1n) is 5.29. The van der Waals surface area contributed by atoms with Crippen LogP contribution in [-0.2, 0) is 6.18 Å². The first-order valence-corrected chi connectivity index (χ1v) is 6.17. The van der Waals surface area contributed by atoms with Crippen LogP contribution in [0.2, 0.25) is 0 Å². The van der Waals surface area contributed by atoms with Gasteiger partial charge in [-0.1, -0.05) is 0 Å². The van der Waals surface area contributed by atoms with Gasteiger partial charge in [0.2, 0.25) is 0 Å². The summed E-state index contributed by atoms with van der Waals surface area (Å²) in [5.74, 6) is -0.955. The molecule has 1 N–H and O–H groups in total. The molecule has 0 saturated heterocycles. The van der Waals surface area contributed by atoms with Crippen molar-refractivity contribution in [3.8, 4) is 10.6 Å². The van der Waals surface area contributed by atoms with Crippen LogP contribution < -0.4 is 0 Å². The Morgan fingerprint density at radius 1 is 1.32 bits per heavy atom. The minimum atomic E-state index is -4.66. The molecule has 1 atom stereocenters. The zero-order chi connectivity index (χ0) is 14.2. The molecule has 2 aromatic rings. The lowest BCUT2D eigenvalue weighted by molar-refractivity contribution is -0.137. The second kappa shape index (κ2) is 4.90. The molecule has 2 rings (SSSR count). The number of thiazole rings is 1. The van der Waals surface area contributed by atoms with E-state index in [9.17, 15) is 22.7 Å². The fourth-order valence-electron chi connectivity index (χ4n) is 1.54. The SMILES string of the molecule is CC(O)c1csc(-c2ccc(F)cc2C(F)(F)F)n1. The summed E-state index contributed by atoms with van der Waals surface area (Å²) >= 11 is 0.974.